The van der Waals surface area contributed by atoms with E-state index in [4.69, 9.17) is 4.74 Å². The van der Waals surface area contributed by atoms with E-state index in [1.807, 2.05) is 0 Å². The average molecular weight is 494 g/mol. The molecule has 184 valence electrons. The SMILES string of the molecule is COC(=O)CN(C(=O)c1cc(C)cc(C(F)(F)F)c1)c1cnccc1-c1cc(F)c(F)cc1OC. The Morgan fingerprint density at radius 3 is 2.31 bits per heavy atom. The average Bonchev–Trinajstić information content (AvgIpc) is 2.82. The first-order chi connectivity index (χ1) is 16.5. The van der Waals surface area contributed by atoms with Crippen molar-refractivity contribution in [3.8, 4) is 16.9 Å². The number of hydrogen-bond acceptors (Lipinski definition) is 5. The quantitative estimate of drug-likeness (QED) is 0.349. The van der Waals surface area contributed by atoms with Gasteiger partial charge in [-0.2, -0.15) is 13.2 Å². The van der Waals surface area contributed by atoms with E-state index >= 15 is 0 Å². The van der Waals surface area contributed by atoms with Gasteiger partial charge in [0.1, 0.15) is 12.3 Å². The highest BCUT2D eigenvalue weighted by Gasteiger charge is 2.33. The van der Waals surface area contributed by atoms with Crippen LogP contribution in [0.25, 0.3) is 11.1 Å². The summed E-state index contributed by atoms with van der Waals surface area (Å²) in [6, 6.07) is 5.77. The molecule has 1 aromatic heterocycles. The molecule has 35 heavy (non-hydrogen) atoms. The molecule has 0 saturated carbocycles. The Kier molecular flexibility index (Phi) is 7.37. The number of benzene rings is 2. The Bertz CT molecular complexity index is 1280. The van der Waals surface area contributed by atoms with Gasteiger partial charge in [-0.15, -0.1) is 0 Å². The maximum absolute atomic E-state index is 14.1. The van der Waals surface area contributed by atoms with Crippen LogP contribution in [0.2, 0.25) is 0 Å². The first-order valence-corrected chi connectivity index (χ1v) is 10.0. The van der Waals surface area contributed by atoms with Gasteiger partial charge in [-0.05, 0) is 42.8 Å². The molecule has 2 aromatic carbocycles. The predicted molar refractivity (Wildman–Crippen MR) is 116 cm³/mol. The van der Waals surface area contributed by atoms with Crippen molar-refractivity contribution in [2.45, 2.75) is 13.1 Å². The smallest absolute Gasteiger partial charge is 0.416 e. The summed E-state index contributed by atoms with van der Waals surface area (Å²) in [6.07, 6.45) is -2.25. The lowest BCUT2D eigenvalue weighted by molar-refractivity contribution is -0.139. The molecule has 1 heterocycles. The van der Waals surface area contributed by atoms with Crippen molar-refractivity contribution in [2.75, 3.05) is 25.7 Å². The summed E-state index contributed by atoms with van der Waals surface area (Å²) in [5.41, 5.74) is -1.18. The number of alkyl halides is 3. The molecule has 0 spiro atoms. The van der Waals surface area contributed by atoms with Gasteiger partial charge in [0, 0.05) is 29.0 Å². The summed E-state index contributed by atoms with van der Waals surface area (Å²) < 4.78 is 77.7. The minimum atomic E-state index is -4.72. The molecule has 0 N–H and O–H groups in total. The highest BCUT2D eigenvalue weighted by Crippen LogP contribution is 2.38. The van der Waals surface area contributed by atoms with E-state index in [0.29, 0.717) is 6.07 Å². The van der Waals surface area contributed by atoms with Crippen LogP contribution in [0.4, 0.5) is 27.6 Å². The highest BCUT2D eigenvalue weighted by molar-refractivity contribution is 6.10. The number of anilines is 1. The lowest BCUT2D eigenvalue weighted by atomic mass is 10.0. The molecule has 0 atom stereocenters. The summed E-state index contributed by atoms with van der Waals surface area (Å²) in [4.78, 5) is 30.4. The third kappa shape index (κ3) is 5.56. The Labute approximate surface area is 196 Å². The van der Waals surface area contributed by atoms with Gasteiger partial charge >= 0.3 is 12.1 Å². The van der Waals surface area contributed by atoms with Gasteiger partial charge in [0.05, 0.1) is 31.7 Å². The van der Waals surface area contributed by atoms with E-state index in [1.165, 1.54) is 32.4 Å². The molecule has 0 bridgehead atoms. The van der Waals surface area contributed by atoms with Crippen molar-refractivity contribution in [1.82, 2.24) is 4.98 Å². The topological polar surface area (TPSA) is 68.7 Å². The first-order valence-electron chi connectivity index (χ1n) is 10.0. The van der Waals surface area contributed by atoms with Crippen LogP contribution < -0.4 is 9.64 Å². The van der Waals surface area contributed by atoms with Gasteiger partial charge in [-0.1, -0.05) is 0 Å². The minimum absolute atomic E-state index is 0.0201. The second-order valence-corrected chi connectivity index (χ2v) is 7.41. The Morgan fingerprint density at radius 1 is 1.00 bits per heavy atom. The van der Waals surface area contributed by atoms with Crippen molar-refractivity contribution in [3.63, 3.8) is 0 Å². The van der Waals surface area contributed by atoms with E-state index in [0.717, 1.165) is 36.4 Å². The van der Waals surface area contributed by atoms with Gasteiger partial charge in [-0.3, -0.25) is 19.5 Å². The fraction of sp³-hybridized carbons (Fsp3) is 0.208. The number of methoxy groups -OCH3 is 2. The summed E-state index contributed by atoms with van der Waals surface area (Å²) in [5, 5.41) is 0. The van der Waals surface area contributed by atoms with Crippen LogP contribution in [-0.4, -0.2) is 37.6 Å². The van der Waals surface area contributed by atoms with Gasteiger partial charge in [0.15, 0.2) is 11.6 Å². The van der Waals surface area contributed by atoms with Crippen LogP contribution in [0.15, 0.2) is 48.8 Å². The molecule has 6 nitrogen and oxygen atoms in total. The molecule has 1 amide bonds. The monoisotopic (exact) mass is 494 g/mol. The van der Waals surface area contributed by atoms with Crippen molar-refractivity contribution < 1.29 is 41.0 Å². The van der Waals surface area contributed by atoms with Crippen LogP contribution in [0.3, 0.4) is 0 Å². The number of ether oxygens (including phenoxy) is 2. The lowest BCUT2D eigenvalue weighted by Crippen LogP contribution is -2.37. The summed E-state index contributed by atoms with van der Waals surface area (Å²) in [6.45, 7) is 0.688. The normalized spacial score (nSPS) is 11.2. The van der Waals surface area contributed by atoms with Crippen molar-refractivity contribution in [3.05, 3.63) is 77.1 Å². The molecular weight excluding hydrogens is 475 g/mol. The first kappa shape index (κ1) is 25.6. The Hall–Kier alpha value is -4.02. The zero-order valence-electron chi connectivity index (χ0n) is 18.7. The molecular formula is C24H19F5N2O4. The molecule has 0 aliphatic rings. The lowest BCUT2D eigenvalue weighted by Gasteiger charge is -2.25. The van der Waals surface area contributed by atoms with Gasteiger partial charge in [0.25, 0.3) is 5.91 Å². The second kappa shape index (κ2) is 10.1. The van der Waals surface area contributed by atoms with E-state index in [-0.39, 0.29) is 33.7 Å². The summed E-state index contributed by atoms with van der Waals surface area (Å²) in [5.74, 6) is -4.32. The number of nitrogens with zero attached hydrogens (tertiary/aromatic N) is 2. The number of carbonyl (C=O) groups is 2. The standard InChI is InChI=1S/C24H19F5N2O4/c1-13-6-14(8-15(7-13)24(27,28)29)23(33)31(12-22(32)35-3)20-11-30-5-4-16(20)17-9-18(25)19(26)10-21(17)34-2/h4-11H,12H2,1-3H3. The van der Waals surface area contributed by atoms with Crippen molar-refractivity contribution >= 4 is 17.6 Å². The zero-order valence-corrected chi connectivity index (χ0v) is 18.7. The maximum Gasteiger partial charge on any atom is 0.416 e. The highest BCUT2D eigenvalue weighted by atomic mass is 19.4. The molecule has 0 fully saturated rings. The third-order valence-electron chi connectivity index (χ3n) is 5.04. The van der Waals surface area contributed by atoms with Crippen molar-refractivity contribution in [2.24, 2.45) is 0 Å². The number of amides is 1. The number of aryl methyl sites for hydroxylation is 1. The van der Waals surface area contributed by atoms with Crippen molar-refractivity contribution in [1.29, 1.82) is 0 Å². The molecule has 0 unspecified atom stereocenters. The van der Waals surface area contributed by atoms with Crippen LogP contribution in [0, 0.1) is 18.6 Å². The summed E-state index contributed by atoms with van der Waals surface area (Å²) in [7, 11) is 2.29. The molecule has 3 rings (SSSR count). The van der Waals surface area contributed by atoms with Gasteiger partial charge in [-0.25, -0.2) is 8.78 Å². The molecule has 0 aliphatic carbocycles. The molecule has 0 aliphatic heterocycles. The fourth-order valence-corrected chi connectivity index (χ4v) is 3.42. The molecule has 0 radical (unpaired) electrons. The molecule has 3 aromatic rings. The third-order valence-corrected chi connectivity index (χ3v) is 5.04. The second-order valence-electron chi connectivity index (χ2n) is 7.41. The Morgan fingerprint density at radius 2 is 1.69 bits per heavy atom. The van der Waals surface area contributed by atoms with E-state index in [1.54, 1.807) is 0 Å². The van der Waals surface area contributed by atoms with Gasteiger partial charge in [0.2, 0.25) is 0 Å². The van der Waals surface area contributed by atoms with Crippen LogP contribution in [0.5, 0.6) is 5.75 Å². The number of carbonyl (C=O) groups excluding carboxylic acids is 2. The van der Waals surface area contributed by atoms with Crippen LogP contribution in [0.1, 0.15) is 21.5 Å². The maximum atomic E-state index is 14.1. The number of hydrogen-bond donors (Lipinski definition) is 0. The van der Waals surface area contributed by atoms with Gasteiger partial charge < -0.3 is 9.47 Å². The number of halogens is 5. The minimum Gasteiger partial charge on any atom is -0.496 e. The predicted octanol–water partition coefficient (Wildman–Crippen LogP) is 5.18. The van der Waals surface area contributed by atoms with E-state index in [2.05, 4.69) is 9.72 Å². The fourth-order valence-electron chi connectivity index (χ4n) is 3.42. The zero-order chi connectivity index (χ0) is 25.9. The number of pyridine rings is 1. The summed E-state index contributed by atoms with van der Waals surface area (Å²) >= 11 is 0. The number of rotatable bonds is 6. The number of aromatic nitrogens is 1. The Balaban J connectivity index is 2.22. The van der Waals surface area contributed by atoms with E-state index < -0.39 is 41.8 Å². The van der Waals surface area contributed by atoms with Crippen LogP contribution >= 0.6 is 0 Å². The molecule has 11 heteroatoms. The number of esters is 1. The molecule has 0 saturated heterocycles. The van der Waals surface area contributed by atoms with E-state index in [9.17, 15) is 31.5 Å². The largest absolute Gasteiger partial charge is 0.496 e. The van der Waals surface area contributed by atoms with Crippen LogP contribution in [-0.2, 0) is 15.7 Å².